The Morgan fingerprint density at radius 2 is 1.10 bits per heavy atom. The Hall–Kier alpha value is -1.46. The van der Waals surface area contributed by atoms with E-state index in [4.69, 9.17) is 0 Å². The van der Waals surface area contributed by atoms with E-state index in [1.807, 2.05) is 0 Å². The first-order valence-electron chi connectivity index (χ1n) is 2.90. The third kappa shape index (κ3) is 0.584. The maximum Gasteiger partial charge on any atom is 0.318 e. The smallest absolute Gasteiger partial charge is 0.314 e. The van der Waals surface area contributed by atoms with Crippen LogP contribution in [0.4, 0.5) is 9.59 Å². The molecule has 2 aliphatic rings. The standard InChI is InChI=1S/C4H6N4O2/c9-3-5-1-2(7-3)8-4(10)6-1/h1-2H,(H2,5,7,9)(H2,6,8,10)/t1-,2+. The third-order valence-corrected chi connectivity index (χ3v) is 1.48. The number of rotatable bonds is 0. The van der Waals surface area contributed by atoms with Gasteiger partial charge in [0.25, 0.3) is 0 Å². The molecule has 4 amide bonds. The van der Waals surface area contributed by atoms with Crippen LogP contribution in [-0.2, 0) is 0 Å². The fraction of sp³-hybridized carbons (Fsp3) is 0.500. The summed E-state index contributed by atoms with van der Waals surface area (Å²) in [6, 6.07) is -0.523. The highest BCUT2D eigenvalue weighted by Gasteiger charge is 2.38. The van der Waals surface area contributed by atoms with E-state index in [0.717, 1.165) is 0 Å². The summed E-state index contributed by atoms with van der Waals surface area (Å²) >= 11 is 0. The van der Waals surface area contributed by atoms with Gasteiger partial charge in [0.2, 0.25) is 0 Å². The Morgan fingerprint density at radius 1 is 0.800 bits per heavy atom. The van der Waals surface area contributed by atoms with Crippen molar-refractivity contribution in [1.82, 2.24) is 21.3 Å². The molecule has 2 saturated heterocycles. The molecule has 4 N–H and O–H groups in total. The maximum absolute atomic E-state index is 10.5. The molecule has 0 aliphatic carbocycles. The first-order valence-corrected chi connectivity index (χ1v) is 2.90. The molecule has 6 heteroatoms. The summed E-state index contributed by atoms with van der Waals surface area (Å²) < 4.78 is 0. The fourth-order valence-corrected chi connectivity index (χ4v) is 1.05. The molecule has 0 spiro atoms. The number of hydrogen-bond donors (Lipinski definition) is 4. The summed E-state index contributed by atoms with van der Waals surface area (Å²) in [7, 11) is 0. The lowest BCUT2D eigenvalue weighted by molar-refractivity contribution is 0.239. The van der Waals surface area contributed by atoms with Gasteiger partial charge in [0.1, 0.15) is 12.3 Å². The van der Waals surface area contributed by atoms with E-state index in [0.29, 0.717) is 0 Å². The van der Waals surface area contributed by atoms with Gasteiger partial charge < -0.3 is 21.3 Å². The fourth-order valence-electron chi connectivity index (χ4n) is 1.05. The molecular weight excluding hydrogens is 136 g/mol. The van der Waals surface area contributed by atoms with Gasteiger partial charge in [-0.1, -0.05) is 0 Å². The number of fused-ring (bicyclic) bond motifs is 1. The van der Waals surface area contributed by atoms with E-state index in [9.17, 15) is 9.59 Å². The van der Waals surface area contributed by atoms with E-state index in [-0.39, 0.29) is 24.4 Å². The molecule has 0 atom stereocenters. The van der Waals surface area contributed by atoms with Crippen molar-refractivity contribution in [2.24, 2.45) is 0 Å². The number of carbonyl (C=O) groups is 2. The summed E-state index contributed by atoms with van der Waals surface area (Å²) in [6.45, 7) is 0. The van der Waals surface area contributed by atoms with E-state index in [1.54, 1.807) is 0 Å². The van der Waals surface area contributed by atoms with Gasteiger partial charge in [-0.2, -0.15) is 0 Å². The highest BCUT2D eigenvalue weighted by Crippen LogP contribution is 2.00. The predicted octanol–water partition coefficient (Wildman–Crippen LogP) is -1.74. The SMILES string of the molecule is O=C1N[C@H]2NC(=O)N[C@H]2N1. The van der Waals surface area contributed by atoms with Crippen molar-refractivity contribution in [2.45, 2.75) is 12.3 Å². The lowest BCUT2D eigenvalue weighted by atomic mass is 10.4. The zero-order chi connectivity index (χ0) is 7.14. The second-order valence-corrected chi connectivity index (χ2v) is 2.19. The lowest BCUT2D eigenvalue weighted by Crippen LogP contribution is -2.39. The first kappa shape index (κ1) is 5.33. The molecule has 0 radical (unpaired) electrons. The number of carbonyl (C=O) groups excluding carboxylic acids is 2. The summed E-state index contributed by atoms with van der Waals surface area (Å²) in [5, 5.41) is 10.0. The van der Waals surface area contributed by atoms with Gasteiger partial charge in [-0.05, 0) is 0 Å². The minimum atomic E-state index is -0.292. The van der Waals surface area contributed by atoms with Crippen molar-refractivity contribution in [3.63, 3.8) is 0 Å². The number of hydrogen-bond acceptors (Lipinski definition) is 2. The molecule has 0 unspecified atom stereocenters. The molecule has 0 saturated carbocycles. The first-order chi connectivity index (χ1) is 4.75. The van der Waals surface area contributed by atoms with Crippen LogP contribution in [0.25, 0.3) is 0 Å². The van der Waals surface area contributed by atoms with Gasteiger partial charge in [-0.3, -0.25) is 0 Å². The third-order valence-electron chi connectivity index (χ3n) is 1.48. The Bertz CT molecular complexity index is 165. The van der Waals surface area contributed by atoms with Crippen molar-refractivity contribution < 1.29 is 9.59 Å². The quantitative estimate of drug-likeness (QED) is 0.324. The molecule has 2 heterocycles. The van der Waals surface area contributed by atoms with Crippen molar-refractivity contribution in [3.05, 3.63) is 0 Å². The van der Waals surface area contributed by atoms with Crippen molar-refractivity contribution in [2.75, 3.05) is 0 Å². The number of nitrogens with one attached hydrogen (secondary N) is 4. The highest BCUT2D eigenvalue weighted by atomic mass is 16.2. The molecule has 10 heavy (non-hydrogen) atoms. The largest absolute Gasteiger partial charge is 0.318 e. The summed E-state index contributed by atoms with van der Waals surface area (Å²) in [6.07, 6.45) is -0.583. The Labute approximate surface area is 56.3 Å². The average Bonchev–Trinajstić information content (AvgIpc) is 2.21. The van der Waals surface area contributed by atoms with Crippen LogP contribution in [0.1, 0.15) is 0 Å². The predicted molar refractivity (Wildman–Crippen MR) is 30.9 cm³/mol. The monoisotopic (exact) mass is 142 g/mol. The van der Waals surface area contributed by atoms with E-state index in [2.05, 4.69) is 21.3 Å². The minimum absolute atomic E-state index is 0.262. The molecule has 2 fully saturated rings. The molecule has 0 aromatic carbocycles. The van der Waals surface area contributed by atoms with Crippen LogP contribution < -0.4 is 21.3 Å². The van der Waals surface area contributed by atoms with Crippen LogP contribution in [-0.4, -0.2) is 24.4 Å². The van der Waals surface area contributed by atoms with Gasteiger partial charge in [0.15, 0.2) is 0 Å². The minimum Gasteiger partial charge on any atom is -0.314 e. The molecule has 0 aromatic rings. The van der Waals surface area contributed by atoms with Gasteiger partial charge in [-0.15, -0.1) is 0 Å². The van der Waals surface area contributed by atoms with Crippen LogP contribution in [0, 0.1) is 0 Å². The molecule has 2 aliphatic heterocycles. The van der Waals surface area contributed by atoms with E-state index < -0.39 is 0 Å². The second kappa shape index (κ2) is 1.53. The summed E-state index contributed by atoms with van der Waals surface area (Å²) in [5.74, 6) is 0. The van der Waals surface area contributed by atoms with Gasteiger partial charge in [0, 0.05) is 0 Å². The van der Waals surface area contributed by atoms with Gasteiger partial charge in [0.05, 0.1) is 0 Å². The second-order valence-electron chi connectivity index (χ2n) is 2.19. The van der Waals surface area contributed by atoms with Crippen LogP contribution in [0.15, 0.2) is 0 Å². The Kier molecular flexibility index (Phi) is 0.814. The molecule has 0 bridgehead atoms. The van der Waals surface area contributed by atoms with Crippen molar-refractivity contribution in [3.8, 4) is 0 Å². The average molecular weight is 142 g/mol. The maximum atomic E-state index is 10.5. The Balaban J connectivity index is 2.12. The van der Waals surface area contributed by atoms with Crippen molar-refractivity contribution >= 4 is 12.1 Å². The highest BCUT2D eigenvalue weighted by molar-refractivity contribution is 5.84. The Morgan fingerprint density at radius 3 is 1.40 bits per heavy atom. The van der Waals surface area contributed by atoms with Crippen LogP contribution in [0.2, 0.25) is 0 Å². The van der Waals surface area contributed by atoms with E-state index >= 15 is 0 Å². The zero-order valence-corrected chi connectivity index (χ0v) is 4.97. The molecule has 6 nitrogen and oxygen atoms in total. The molecule has 0 aromatic heterocycles. The topological polar surface area (TPSA) is 82.3 Å². The molecular formula is C4H6N4O2. The van der Waals surface area contributed by atoms with Gasteiger partial charge >= 0.3 is 12.1 Å². The number of amides is 4. The molecule has 2 rings (SSSR count). The van der Waals surface area contributed by atoms with Gasteiger partial charge in [-0.25, -0.2) is 9.59 Å². The van der Waals surface area contributed by atoms with Crippen LogP contribution in [0.5, 0.6) is 0 Å². The summed E-state index contributed by atoms with van der Waals surface area (Å²) in [5.41, 5.74) is 0. The molecule has 54 valence electrons. The number of urea groups is 2. The summed E-state index contributed by atoms with van der Waals surface area (Å²) in [4.78, 5) is 21.1. The van der Waals surface area contributed by atoms with Crippen molar-refractivity contribution in [1.29, 1.82) is 0 Å². The normalized spacial score (nSPS) is 35.6. The van der Waals surface area contributed by atoms with Crippen LogP contribution >= 0.6 is 0 Å². The van der Waals surface area contributed by atoms with E-state index in [1.165, 1.54) is 0 Å². The van der Waals surface area contributed by atoms with Crippen LogP contribution in [0.3, 0.4) is 0 Å². The zero-order valence-electron chi connectivity index (χ0n) is 4.97. The lowest BCUT2D eigenvalue weighted by Gasteiger charge is -2.02.